The maximum Gasteiger partial charge on any atom is 0.314 e. The zero-order chi connectivity index (χ0) is 95.5. The standard InChI is InChI=1S/C84H114O45/c1-35-28-83-26-22-58-81(19,24-21-25-82(58,20)80(102)128-78-73(68(116-49(15)98)63(111-44(10)93)56(123-78)32-106-39(5)88)126-76-71(118-51(17)100)66(114-47(13)96)61(109-42(8)91)54(121-76)30-104-37(3)86)59(83)23-27-84(35,34-83)129-79-74(127-77-72(119-52(18)101)67(115-48(14)97)62(110-43(9)92)55(122-77)31-105-38(4)87)69(64(112-45(11)94)57(124-79)33-107-40(6)89)125-75-70(117-50(16)99)65(113-46(12)95)60(108-41(7)90)53(120-75)29-103-36(2)85/h53-79H,1,21-34H2,2-20H3/t53?,54?,55?,56?,57?,58?,59?,60?,61?,62?,63?,64?,65?,66?,67?,68?,69?,70?,71?,72?,73?,74?,75?,76?,77?,78?,79?,81-,82-,83-,84-/m1/s1. The Morgan fingerprint density at radius 1 is 0.287 bits per heavy atom. The van der Waals surface area contributed by atoms with Crippen molar-refractivity contribution in [3.05, 3.63) is 12.2 Å². The molecule has 0 amide bonds. The van der Waals surface area contributed by atoms with Gasteiger partial charge in [-0.15, -0.1) is 0 Å². The molecule has 5 aliphatic heterocycles. The number of fused-ring (bicyclic) bond motifs is 3. The molecule has 5 saturated heterocycles. The van der Waals surface area contributed by atoms with Gasteiger partial charge in [0, 0.05) is 118 Å². The highest BCUT2D eigenvalue weighted by atomic mass is 16.8. The smallest absolute Gasteiger partial charge is 0.314 e. The Labute approximate surface area is 740 Å². The van der Waals surface area contributed by atoms with Crippen molar-refractivity contribution in [2.24, 2.45) is 28.1 Å². The van der Waals surface area contributed by atoms with Crippen molar-refractivity contribution in [2.75, 3.05) is 33.0 Å². The van der Waals surface area contributed by atoms with E-state index < -0.39 is 322 Å². The Hall–Kier alpha value is -10.2. The van der Waals surface area contributed by atoms with Crippen molar-refractivity contribution < 1.29 is 214 Å². The lowest BCUT2D eigenvalue weighted by Gasteiger charge is -2.64. The summed E-state index contributed by atoms with van der Waals surface area (Å²) in [6, 6.07) is 0. The number of carbonyl (C=O) groups excluding carboxylic acids is 18. The number of hydrogen-bond acceptors (Lipinski definition) is 45. The van der Waals surface area contributed by atoms with Crippen LogP contribution in [0.2, 0.25) is 0 Å². The van der Waals surface area contributed by atoms with Crippen molar-refractivity contribution in [1.82, 2.24) is 0 Å². The van der Waals surface area contributed by atoms with E-state index >= 15 is 4.79 Å². The van der Waals surface area contributed by atoms with Gasteiger partial charge in [-0.2, -0.15) is 0 Å². The van der Waals surface area contributed by atoms with Gasteiger partial charge in [0.25, 0.3) is 0 Å². The molecule has 4 aliphatic carbocycles. The van der Waals surface area contributed by atoms with Crippen LogP contribution in [0.3, 0.4) is 0 Å². The third-order valence-corrected chi connectivity index (χ3v) is 23.9. The zero-order valence-corrected chi connectivity index (χ0v) is 75.1. The second kappa shape index (κ2) is 43.3. The highest BCUT2D eigenvalue weighted by Gasteiger charge is 2.71. The molecule has 45 nitrogen and oxygen atoms in total. The van der Waals surface area contributed by atoms with Crippen LogP contribution in [-0.2, 0) is 214 Å². The fraction of sp³-hybridized carbons (Fsp3) is 0.762. The minimum Gasteiger partial charge on any atom is -0.463 e. The third kappa shape index (κ3) is 25.1. The predicted molar refractivity (Wildman–Crippen MR) is 414 cm³/mol. The van der Waals surface area contributed by atoms with E-state index in [0.717, 1.165) is 118 Å². The van der Waals surface area contributed by atoms with Crippen LogP contribution in [-0.4, -0.2) is 300 Å². The van der Waals surface area contributed by atoms with Crippen molar-refractivity contribution in [3.63, 3.8) is 0 Å². The van der Waals surface area contributed by atoms with Gasteiger partial charge in [-0.25, -0.2) is 0 Å². The quantitative estimate of drug-likeness (QED) is 0.0404. The van der Waals surface area contributed by atoms with E-state index in [1.165, 1.54) is 0 Å². The van der Waals surface area contributed by atoms with Crippen molar-refractivity contribution in [3.8, 4) is 0 Å². The summed E-state index contributed by atoms with van der Waals surface area (Å²) < 4.78 is 164. The fourth-order valence-corrected chi connectivity index (χ4v) is 19.6. The molecule has 0 aromatic heterocycles. The summed E-state index contributed by atoms with van der Waals surface area (Å²) in [6.45, 7) is 21.3. The molecule has 720 valence electrons. The number of hydrogen-bond donors (Lipinski definition) is 0. The molecule has 0 aromatic carbocycles. The molecule has 9 fully saturated rings. The van der Waals surface area contributed by atoms with E-state index in [9.17, 15) is 81.5 Å². The van der Waals surface area contributed by atoms with Gasteiger partial charge in [0.2, 0.25) is 6.29 Å². The second-order valence-corrected chi connectivity index (χ2v) is 33.7. The van der Waals surface area contributed by atoms with Crippen molar-refractivity contribution in [1.29, 1.82) is 0 Å². The van der Waals surface area contributed by atoms with E-state index in [1.54, 1.807) is 6.92 Å². The Morgan fingerprint density at radius 3 is 0.868 bits per heavy atom. The average Bonchev–Trinajstić information content (AvgIpc) is 1.58. The largest absolute Gasteiger partial charge is 0.463 e. The lowest BCUT2D eigenvalue weighted by Crippen LogP contribution is -2.69. The molecule has 2 bridgehead atoms. The van der Waals surface area contributed by atoms with Gasteiger partial charge in [0.15, 0.2) is 105 Å². The molecule has 0 aromatic rings. The van der Waals surface area contributed by atoms with Gasteiger partial charge in [0.05, 0.1) is 11.0 Å². The van der Waals surface area contributed by atoms with E-state index in [1.807, 2.05) is 6.92 Å². The van der Waals surface area contributed by atoms with Crippen LogP contribution in [0.4, 0.5) is 0 Å². The number of ether oxygens (including phenoxy) is 27. The van der Waals surface area contributed by atoms with Crippen LogP contribution < -0.4 is 0 Å². The van der Waals surface area contributed by atoms with Crippen LogP contribution >= 0.6 is 0 Å². The SMILES string of the molecule is C=C1C[C@@]23CCC4[C@@](C)(CCC[C@@]4(C)C(=O)OC4OC(COC(C)=O)C(OC(C)=O)C(OC(C)=O)C4OC4OC(COC(C)=O)C(OC(C)=O)C(OC(C)=O)C4OC(C)=O)C2CC[C@@]1(OC1OC(COC(C)=O)C(OC(C)=O)C(OC2OC(COC(C)=O)C(OC(C)=O)C(OC(C)=O)C2OC(C)=O)C1OC1OC(COC(C)=O)C(OC(C)=O)C(OC(C)=O)C1OC(C)=O)C3. The molecule has 31 atom stereocenters. The fourth-order valence-electron chi connectivity index (χ4n) is 19.6. The van der Waals surface area contributed by atoms with E-state index in [0.29, 0.717) is 24.8 Å². The van der Waals surface area contributed by atoms with Crippen molar-refractivity contribution in [2.45, 2.75) is 348 Å². The minimum absolute atomic E-state index is 0.0412. The van der Waals surface area contributed by atoms with Crippen molar-refractivity contribution >= 4 is 107 Å². The molecule has 129 heavy (non-hydrogen) atoms. The highest BCUT2D eigenvalue weighted by molar-refractivity contribution is 5.78. The zero-order valence-electron chi connectivity index (χ0n) is 75.1. The molecule has 9 rings (SSSR count). The topological polar surface area (TPSA) is 556 Å². The Bertz CT molecular complexity index is 4220. The predicted octanol–water partition coefficient (Wildman–Crippen LogP) is 2.41. The van der Waals surface area contributed by atoms with Gasteiger partial charge in [-0.3, -0.25) is 86.3 Å². The van der Waals surface area contributed by atoms with Crippen LogP contribution in [0, 0.1) is 28.1 Å². The lowest BCUT2D eigenvalue weighted by molar-refractivity contribution is -0.400. The van der Waals surface area contributed by atoms with Gasteiger partial charge in [0.1, 0.15) is 75.8 Å². The number of esters is 18. The van der Waals surface area contributed by atoms with Gasteiger partial charge in [-0.1, -0.05) is 19.9 Å². The van der Waals surface area contributed by atoms with Crippen LogP contribution in [0.25, 0.3) is 0 Å². The molecule has 4 saturated carbocycles. The molecular weight excluding hydrogens is 1730 g/mol. The van der Waals surface area contributed by atoms with E-state index in [-0.39, 0.29) is 44.4 Å². The molecule has 45 heteroatoms. The Balaban J connectivity index is 1.16. The molecule has 1 spiro atoms. The first-order valence-electron chi connectivity index (χ1n) is 41.9. The van der Waals surface area contributed by atoms with Crippen LogP contribution in [0.15, 0.2) is 12.2 Å². The van der Waals surface area contributed by atoms with Gasteiger partial charge < -0.3 is 128 Å². The van der Waals surface area contributed by atoms with Gasteiger partial charge >= 0.3 is 107 Å². The third-order valence-electron chi connectivity index (χ3n) is 23.9. The molecule has 5 heterocycles. The Kier molecular flexibility index (Phi) is 34.4. The number of rotatable bonds is 32. The minimum atomic E-state index is -2.21. The van der Waals surface area contributed by atoms with E-state index in [2.05, 4.69) is 6.58 Å². The molecule has 0 N–H and O–H groups in total. The Morgan fingerprint density at radius 2 is 0.550 bits per heavy atom. The average molecular weight is 1840 g/mol. The first kappa shape index (κ1) is 103. The lowest BCUT2D eigenvalue weighted by atomic mass is 9.41. The molecule has 0 radical (unpaired) electrons. The second-order valence-electron chi connectivity index (χ2n) is 33.7. The summed E-state index contributed by atoms with van der Waals surface area (Å²) in [5.41, 5.74) is -4.32. The molecule has 9 aliphatic rings. The summed E-state index contributed by atoms with van der Waals surface area (Å²) >= 11 is 0. The maximum absolute atomic E-state index is 16.2. The van der Waals surface area contributed by atoms with E-state index in [4.69, 9.17) is 128 Å². The summed E-state index contributed by atoms with van der Waals surface area (Å²) in [7, 11) is 0. The summed E-state index contributed by atoms with van der Waals surface area (Å²) in [4.78, 5) is 239. The summed E-state index contributed by atoms with van der Waals surface area (Å²) in [5.74, 6) is -19.0. The molecular formula is C84H114O45. The summed E-state index contributed by atoms with van der Waals surface area (Å²) in [6.07, 6.45) is -46.3. The first-order valence-corrected chi connectivity index (χ1v) is 41.9. The van der Waals surface area contributed by atoms with Crippen LogP contribution in [0.1, 0.15) is 189 Å². The number of carbonyl (C=O) groups is 18. The van der Waals surface area contributed by atoms with Crippen LogP contribution in [0.5, 0.6) is 0 Å². The normalized spacial score (nSPS) is 36.6. The monoisotopic (exact) mass is 1840 g/mol. The first-order chi connectivity index (χ1) is 60.4. The van der Waals surface area contributed by atoms with Gasteiger partial charge in [-0.05, 0) is 86.5 Å². The maximum atomic E-state index is 16.2. The highest BCUT2D eigenvalue weighted by Crippen LogP contribution is 2.74. The summed E-state index contributed by atoms with van der Waals surface area (Å²) in [5, 5.41) is 0. The molecule has 27 unspecified atom stereocenters.